The molecule has 4 heteroatoms. The second kappa shape index (κ2) is 6.08. The molecule has 1 fully saturated rings. The van der Waals surface area contributed by atoms with Gasteiger partial charge in [0.25, 0.3) is 0 Å². The highest BCUT2D eigenvalue weighted by molar-refractivity contribution is 5.78. The molecule has 1 saturated heterocycles. The van der Waals surface area contributed by atoms with Gasteiger partial charge in [-0.3, -0.25) is 9.69 Å². The van der Waals surface area contributed by atoms with E-state index in [4.69, 9.17) is 0 Å². The average Bonchev–Trinajstić information content (AvgIpc) is 2.19. The monoisotopic (exact) mass is 213 g/mol. The second-order valence-electron chi connectivity index (χ2n) is 4.16. The fourth-order valence-electron chi connectivity index (χ4n) is 2.02. The summed E-state index contributed by atoms with van der Waals surface area (Å²) in [6.07, 6.45) is 0. The Morgan fingerprint density at radius 3 is 2.67 bits per heavy atom. The Morgan fingerprint density at radius 2 is 2.13 bits per heavy atom. The van der Waals surface area contributed by atoms with Crippen LogP contribution in [-0.2, 0) is 4.79 Å². The number of amides is 1. The molecule has 0 spiro atoms. The van der Waals surface area contributed by atoms with Crippen molar-refractivity contribution in [2.45, 2.75) is 26.8 Å². The number of piperazine rings is 1. The second-order valence-corrected chi connectivity index (χ2v) is 4.16. The maximum absolute atomic E-state index is 11.8. The maximum atomic E-state index is 11.8. The van der Waals surface area contributed by atoms with Crippen molar-refractivity contribution >= 4 is 5.91 Å². The molecule has 0 saturated carbocycles. The number of nitrogens with zero attached hydrogens (tertiary/aromatic N) is 2. The van der Waals surface area contributed by atoms with E-state index in [2.05, 4.69) is 17.1 Å². The van der Waals surface area contributed by atoms with Gasteiger partial charge >= 0.3 is 0 Å². The standard InChI is InChI=1S/C11H23N3O/c1-4-14(5-2)11(15)9-13-7-6-12-10(3)8-13/h10,12H,4-9H2,1-3H3/t10-/m0/s1. The van der Waals surface area contributed by atoms with Crippen LogP contribution in [0, 0.1) is 0 Å². The van der Waals surface area contributed by atoms with Gasteiger partial charge in [0.15, 0.2) is 0 Å². The van der Waals surface area contributed by atoms with Gasteiger partial charge in [-0.2, -0.15) is 0 Å². The molecule has 0 aromatic carbocycles. The highest BCUT2D eigenvalue weighted by atomic mass is 16.2. The van der Waals surface area contributed by atoms with Crippen LogP contribution >= 0.6 is 0 Å². The molecule has 1 aliphatic rings. The number of rotatable bonds is 4. The molecule has 1 atom stereocenters. The van der Waals surface area contributed by atoms with Gasteiger partial charge in [0, 0.05) is 38.8 Å². The van der Waals surface area contributed by atoms with E-state index in [-0.39, 0.29) is 5.91 Å². The average molecular weight is 213 g/mol. The van der Waals surface area contributed by atoms with Gasteiger partial charge in [-0.25, -0.2) is 0 Å². The number of hydrogen-bond donors (Lipinski definition) is 1. The van der Waals surface area contributed by atoms with Crippen LogP contribution in [0.1, 0.15) is 20.8 Å². The third-order valence-corrected chi connectivity index (χ3v) is 2.93. The van der Waals surface area contributed by atoms with Crippen molar-refractivity contribution in [3.05, 3.63) is 0 Å². The number of nitrogens with one attached hydrogen (secondary N) is 1. The highest BCUT2D eigenvalue weighted by Gasteiger charge is 2.19. The van der Waals surface area contributed by atoms with E-state index in [9.17, 15) is 4.79 Å². The van der Waals surface area contributed by atoms with Gasteiger partial charge in [-0.1, -0.05) is 0 Å². The summed E-state index contributed by atoms with van der Waals surface area (Å²) in [7, 11) is 0. The summed E-state index contributed by atoms with van der Waals surface area (Å²) in [5.41, 5.74) is 0. The summed E-state index contributed by atoms with van der Waals surface area (Å²) < 4.78 is 0. The lowest BCUT2D eigenvalue weighted by Gasteiger charge is -2.32. The summed E-state index contributed by atoms with van der Waals surface area (Å²) in [6.45, 7) is 11.4. The fourth-order valence-corrected chi connectivity index (χ4v) is 2.02. The molecular weight excluding hydrogens is 190 g/mol. The van der Waals surface area contributed by atoms with Gasteiger partial charge < -0.3 is 10.2 Å². The lowest BCUT2D eigenvalue weighted by atomic mass is 10.2. The topological polar surface area (TPSA) is 35.6 Å². The Bertz CT molecular complexity index is 204. The first-order chi connectivity index (χ1) is 7.17. The normalized spacial score (nSPS) is 22.7. The van der Waals surface area contributed by atoms with E-state index in [0.717, 1.165) is 32.7 Å². The van der Waals surface area contributed by atoms with Gasteiger partial charge in [0.1, 0.15) is 0 Å². The Labute approximate surface area is 92.6 Å². The van der Waals surface area contributed by atoms with Crippen LogP contribution in [0.2, 0.25) is 0 Å². The number of likely N-dealkylation sites (N-methyl/N-ethyl adjacent to an activating group) is 1. The maximum Gasteiger partial charge on any atom is 0.236 e. The van der Waals surface area contributed by atoms with E-state index >= 15 is 0 Å². The third-order valence-electron chi connectivity index (χ3n) is 2.93. The summed E-state index contributed by atoms with van der Waals surface area (Å²) in [4.78, 5) is 16.0. The highest BCUT2D eigenvalue weighted by Crippen LogP contribution is 2.00. The van der Waals surface area contributed by atoms with Crippen LogP contribution < -0.4 is 5.32 Å². The van der Waals surface area contributed by atoms with Crippen molar-refractivity contribution in [3.8, 4) is 0 Å². The first-order valence-electron chi connectivity index (χ1n) is 5.90. The zero-order chi connectivity index (χ0) is 11.3. The molecule has 0 radical (unpaired) electrons. The first-order valence-corrected chi connectivity index (χ1v) is 5.90. The molecule has 88 valence electrons. The number of carbonyl (C=O) groups excluding carboxylic acids is 1. The van der Waals surface area contributed by atoms with Crippen molar-refractivity contribution in [2.75, 3.05) is 39.3 Å². The minimum absolute atomic E-state index is 0.258. The Morgan fingerprint density at radius 1 is 1.47 bits per heavy atom. The van der Waals surface area contributed by atoms with E-state index in [1.165, 1.54) is 0 Å². The summed E-state index contributed by atoms with van der Waals surface area (Å²) in [5, 5.41) is 3.38. The summed E-state index contributed by atoms with van der Waals surface area (Å²) >= 11 is 0. The molecule has 1 N–H and O–H groups in total. The quantitative estimate of drug-likeness (QED) is 0.722. The minimum atomic E-state index is 0.258. The molecular formula is C11H23N3O. The minimum Gasteiger partial charge on any atom is -0.342 e. The molecule has 0 aliphatic carbocycles. The van der Waals surface area contributed by atoms with Crippen molar-refractivity contribution in [1.29, 1.82) is 0 Å². The fraction of sp³-hybridized carbons (Fsp3) is 0.909. The van der Waals surface area contributed by atoms with Crippen molar-refractivity contribution in [2.24, 2.45) is 0 Å². The smallest absolute Gasteiger partial charge is 0.236 e. The molecule has 1 aliphatic heterocycles. The molecule has 0 bridgehead atoms. The Hall–Kier alpha value is -0.610. The molecule has 4 nitrogen and oxygen atoms in total. The predicted molar refractivity (Wildman–Crippen MR) is 61.8 cm³/mol. The third kappa shape index (κ3) is 3.80. The molecule has 1 rings (SSSR count). The number of hydrogen-bond acceptors (Lipinski definition) is 3. The molecule has 1 amide bonds. The molecule has 0 unspecified atom stereocenters. The zero-order valence-electron chi connectivity index (χ0n) is 10.1. The van der Waals surface area contributed by atoms with E-state index in [1.807, 2.05) is 18.7 Å². The molecule has 0 aromatic heterocycles. The van der Waals surface area contributed by atoms with E-state index < -0.39 is 0 Å². The SMILES string of the molecule is CCN(CC)C(=O)CN1CCN[C@@H](C)C1. The van der Waals surface area contributed by atoms with Gasteiger partial charge in [-0.15, -0.1) is 0 Å². The lowest BCUT2D eigenvalue weighted by Crippen LogP contribution is -2.52. The van der Waals surface area contributed by atoms with Gasteiger partial charge in [0.2, 0.25) is 5.91 Å². The van der Waals surface area contributed by atoms with Crippen LogP contribution in [0.3, 0.4) is 0 Å². The summed E-state index contributed by atoms with van der Waals surface area (Å²) in [5.74, 6) is 0.258. The summed E-state index contributed by atoms with van der Waals surface area (Å²) in [6, 6.07) is 0.503. The Balaban J connectivity index is 2.36. The molecule has 15 heavy (non-hydrogen) atoms. The van der Waals surface area contributed by atoms with Crippen LogP contribution in [0.5, 0.6) is 0 Å². The van der Waals surface area contributed by atoms with Crippen molar-refractivity contribution in [3.63, 3.8) is 0 Å². The van der Waals surface area contributed by atoms with Crippen LogP contribution in [0.4, 0.5) is 0 Å². The first kappa shape index (κ1) is 12.5. The largest absolute Gasteiger partial charge is 0.342 e. The molecule has 0 aromatic rings. The van der Waals surface area contributed by atoms with Crippen molar-refractivity contribution in [1.82, 2.24) is 15.1 Å². The van der Waals surface area contributed by atoms with E-state index in [1.54, 1.807) is 0 Å². The van der Waals surface area contributed by atoms with E-state index in [0.29, 0.717) is 12.6 Å². The van der Waals surface area contributed by atoms with Crippen LogP contribution in [0.15, 0.2) is 0 Å². The Kier molecular flexibility index (Phi) is 5.05. The van der Waals surface area contributed by atoms with Crippen LogP contribution in [-0.4, -0.2) is 61.0 Å². The zero-order valence-corrected chi connectivity index (χ0v) is 10.1. The van der Waals surface area contributed by atoms with Gasteiger partial charge in [-0.05, 0) is 20.8 Å². The number of carbonyl (C=O) groups is 1. The van der Waals surface area contributed by atoms with Crippen LogP contribution in [0.25, 0.3) is 0 Å². The lowest BCUT2D eigenvalue weighted by molar-refractivity contribution is -0.132. The van der Waals surface area contributed by atoms with Gasteiger partial charge in [0.05, 0.1) is 6.54 Å². The predicted octanol–water partition coefficient (Wildman–Crippen LogP) is 0.149. The van der Waals surface area contributed by atoms with Crippen molar-refractivity contribution < 1.29 is 4.79 Å². The molecule has 1 heterocycles.